The van der Waals surface area contributed by atoms with Crippen molar-refractivity contribution in [1.82, 2.24) is 15.1 Å². The number of aromatic nitrogens is 2. The fourth-order valence-corrected chi connectivity index (χ4v) is 4.42. The molecule has 0 saturated carbocycles. The number of fused-ring (bicyclic) bond motifs is 1. The Morgan fingerprint density at radius 3 is 2.66 bits per heavy atom. The van der Waals surface area contributed by atoms with Gasteiger partial charge in [-0.1, -0.05) is 35.9 Å². The van der Waals surface area contributed by atoms with Crippen molar-refractivity contribution in [3.05, 3.63) is 89.3 Å². The van der Waals surface area contributed by atoms with Crippen LogP contribution in [0.5, 0.6) is 5.75 Å². The second-order valence-electron chi connectivity index (χ2n) is 8.45. The molecule has 0 saturated heterocycles. The Hall–Kier alpha value is -4.04. The number of furan rings is 1. The van der Waals surface area contributed by atoms with Crippen molar-refractivity contribution in [2.45, 2.75) is 25.6 Å². The van der Waals surface area contributed by atoms with Crippen LogP contribution in [0.2, 0.25) is 5.02 Å². The van der Waals surface area contributed by atoms with Crippen LogP contribution in [-0.2, 0) is 17.9 Å². The molecule has 0 radical (unpaired) electrons. The lowest BCUT2D eigenvalue weighted by atomic mass is 9.93. The SMILES string of the molecule is COc1ccccc1N1C(=O)c2cc(-c3ccco3)nn2C[C@]1(C)C(=O)NCc1ccc(Cl)cc1. The van der Waals surface area contributed by atoms with Crippen molar-refractivity contribution in [2.75, 3.05) is 12.0 Å². The molecule has 0 bridgehead atoms. The van der Waals surface area contributed by atoms with Crippen LogP contribution in [0.4, 0.5) is 5.69 Å². The maximum absolute atomic E-state index is 13.9. The molecule has 8 nitrogen and oxygen atoms in total. The number of amides is 2. The number of benzene rings is 2. The predicted molar refractivity (Wildman–Crippen MR) is 131 cm³/mol. The van der Waals surface area contributed by atoms with Gasteiger partial charge in [-0.05, 0) is 48.9 Å². The van der Waals surface area contributed by atoms with Crippen LogP contribution in [0, 0.1) is 0 Å². The monoisotopic (exact) mass is 490 g/mol. The summed E-state index contributed by atoms with van der Waals surface area (Å²) in [4.78, 5) is 29.1. The van der Waals surface area contributed by atoms with Gasteiger partial charge in [-0.15, -0.1) is 0 Å². The number of halogens is 1. The molecule has 35 heavy (non-hydrogen) atoms. The summed E-state index contributed by atoms with van der Waals surface area (Å²) in [6, 6.07) is 19.6. The van der Waals surface area contributed by atoms with Gasteiger partial charge in [-0.2, -0.15) is 5.10 Å². The summed E-state index contributed by atoms with van der Waals surface area (Å²) in [5, 5.41) is 8.16. The van der Waals surface area contributed by atoms with E-state index in [0.717, 1.165) is 5.56 Å². The Morgan fingerprint density at radius 2 is 1.94 bits per heavy atom. The fraction of sp³-hybridized carbons (Fsp3) is 0.192. The topological polar surface area (TPSA) is 89.6 Å². The van der Waals surface area contributed by atoms with Crippen molar-refractivity contribution >= 4 is 29.1 Å². The van der Waals surface area contributed by atoms with Gasteiger partial charge in [-0.25, -0.2) is 0 Å². The molecule has 2 aromatic heterocycles. The molecule has 178 valence electrons. The molecule has 1 N–H and O–H groups in total. The highest BCUT2D eigenvalue weighted by Gasteiger charge is 2.49. The third-order valence-corrected chi connectivity index (χ3v) is 6.36. The van der Waals surface area contributed by atoms with E-state index in [1.807, 2.05) is 18.2 Å². The number of nitrogens with one attached hydrogen (secondary N) is 1. The Labute approximate surface area is 207 Å². The van der Waals surface area contributed by atoms with Crippen molar-refractivity contribution in [2.24, 2.45) is 0 Å². The molecular weight excluding hydrogens is 468 g/mol. The number of nitrogens with zero attached hydrogens (tertiary/aromatic N) is 3. The van der Waals surface area contributed by atoms with Gasteiger partial charge in [0.2, 0.25) is 5.91 Å². The highest BCUT2D eigenvalue weighted by Crippen LogP contribution is 2.38. The normalized spacial score (nSPS) is 17.2. The van der Waals surface area contributed by atoms with Crippen LogP contribution in [-0.4, -0.2) is 34.2 Å². The zero-order valence-electron chi connectivity index (χ0n) is 19.2. The Morgan fingerprint density at radius 1 is 1.17 bits per heavy atom. The number of anilines is 1. The summed E-state index contributed by atoms with van der Waals surface area (Å²) in [6.07, 6.45) is 1.55. The Kier molecular flexibility index (Phi) is 5.82. The number of methoxy groups -OCH3 is 1. The predicted octanol–water partition coefficient (Wildman–Crippen LogP) is 4.54. The molecule has 4 aromatic rings. The number of ether oxygens (including phenoxy) is 1. The molecule has 9 heteroatoms. The summed E-state index contributed by atoms with van der Waals surface area (Å²) >= 11 is 5.98. The maximum Gasteiger partial charge on any atom is 0.277 e. The summed E-state index contributed by atoms with van der Waals surface area (Å²) in [6.45, 7) is 2.15. The molecular formula is C26H23ClN4O4. The van der Waals surface area contributed by atoms with Gasteiger partial charge in [0.15, 0.2) is 5.76 Å². The van der Waals surface area contributed by atoms with Crippen molar-refractivity contribution in [3.63, 3.8) is 0 Å². The van der Waals surface area contributed by atoms with E-state index in [1.54, 1.807) is 66.4 Å². The van der Waals surface area contributed by atoms with Crippen molar-refractivity contribution in [1.29, 1.82) is 0 Å². The third-order valence-electron chi connectivity index (χ3n) is 6.11. The first-order valence-corrected chi connectivity index (χ1v) is 11.4. The van der Waals surface area contributed by atoms with E-state index in [-0.39, 0.29) is 24.9 Å². The smallest absolute Gasteiger partial charge is 0.277 e. The van der Waals surface area contributed by atoms with Gasteiger partial charge in [0.05, 0.1) is 25.6 Å². The highest BCUT2D eigenvalue weighted by atomic mass is 35.5. The van der Waals surface area contributed by atoms with Crippen LogP contribution in [0.15, 0.2) is 77.4 Å². The molecule has 0 spiro atoms. The lowest BCUT2D eigenvalue weighted by Gasteiger charge is -2.43. The minimum atomic E-state index is -1.29. The first kappa shape index (κ1) is 22.7. The number of hydrogen-bond donors (Lipinski definition) is 1. The summed E-state index contributed by atoms with van der Waals surface area (Å²) in [5.41, 5.74) is 0.959. The van der Waals surface area contributed by atoms with Crippen molar-refractivity contribution < 1.29 is 18.7 Å². The number of carbonyl (C=O) groups excluding carboxylic acids is 2. The molecule has 0 unspecified atom stereocenters. The second-order valence-corrected chi connectivity index (χ2v) is 8.88. The highest BCUT2D eigenvalue weighted by molar-refractivity contribution is 6.30. The van der Waals surface area contributed by atoms with Crippen LogP contribution < -0.4 is 15.0 Å². The van der Waals surface area contributed by atoms with E-state index in [1.165, 1.54) is 12.0 Å². The quantitative estimate of drug-likeness (QED) is 0.428. The van der Waals surface area contributed by atoms with E-state index < -0.39 is 5.54 Å². The summed E-state index contributed by atoms with van der Waals surface area (Å²) < 4.78 is 12.6. The molecule has 1 aliphatic heterocycles. The Bertz CT molecular complexity index is 1380. The van der Waals surface area contributed by atoms with Crippen LogP contribution in [0.25, 0.3) is 11.5 Å². The Balaban J connectivity index is 1.55. The van der Waals surface area contributed by atoms with Gasteiger partial charge in [0.25, 0.3) is 5.91 Å². The van der Waals surface area contributed by atoms with Gasteiger partial charge in [0.1, 0.15) is 22.7 Å². The van der Waals surface area contributed by atoms with Crippen LogP contribution in [0.3, 0.4) is 0 Å². The second kappa shape index (κ2) is 8.96. The zero-order valence-corrected chi connectivity index (χ0v) is 20.0. The fourth-order valence-electron chi connectivity index (χ4n) is 4.29. The van der Waals surface area contributed by atoms with E-state index in [0.29, 0.717) is 33.6 Å². The molecule has 0 fully saturated rings. The maximum atomic E-state index is 13.9. The van der Waals surface area contributed by atoms with E-state index in [2.05, 4.69) is 10.4 Å². The molecule has 2 amide bonds. The summed E-state index contributed by atoms with van der Waals surface area (Å²) in [5.74, 6) is 0.330. The van der Waals surface area contributed by atoms with Crippen molar-refractivity contribution in [3.8, 4) is 17.2 Å². The zero-order chi connectivity index (χ0) is 24.6. The van der Waals surface area contributed by atoms with E-state index >= 15 is 0 Å². The minimum absolute atomic E-state index is 0.138. The van der Waals surface area contributed by atoms with E-state index in [9.17, 15) is 9.59 Å². The first-order chi connectivity index (χ1) is 16.9. The third kappa shape index (κ3) is 4.06. The van der Waals surface area contributed by atoms with Crippen LogP contribution in [0.1, 0.15) is 23.0 Å². The van der Waals surface area contributed by atoms with Gasteiger partial charge in [-0.3, -0.25) is 19.2 Å². The average molecular weight is 491 g/mol. The van der Waals surface area contributed by atoms with Crippen LogP contribution >= 0.6 is 11.6 Å². The molecule has 5 rings (SSSR count). The van der Waals surface area contributed by atoms with Gasteiger partial charge in [0, 0.05) is 17.6 Å². The molecule has 2 aromatic carbocycles. The molecule has 1 aliphatic rings. The number of rotatable bonds is 6. The summed E-state index contributed by atoms with van der Waals surface area (Å²) in [7, 11) is 1.53. The number of para-hydroxylation sites is 2. The minimum Gasteiger partial charge on any atom is -0.495 e. The first-order valence-electron chi connectivity index (χ1n) is 11.0. The van der Waals surface area contributed by atoms with Gasteiger partial charge >= 0.3 is 0 Å². The number of carbonyl (C=O) groups is 2. The number of hydrogen-bond acceptors (Lipinski definition) is 5. The average Bonchev–Trinajstić information content (AvgIpc) is 3.54. The lowest BCUT2D eigenvalue weighted by Crippen LogP contribution is -2.64. The van der Waals surface area contributed by atoms with E-state index in [4.69, 9.17) is 20.8 Å². The lowest BCUT2D eigenvalue weighted by molar-refractivity contribution is -0.126. The standard InChI is InChI=1S/C26H23ClN4O4/c1-26(25(33)28-15-17-9-11-18(27)12-10-17)16-30-21(14-19(29-30)22-8-5-13-35-22)24(32)31(26)20-6-3-4-7-23(20)34-2/h3-14H,15-16H2,1-2H3,(H,28,33)/t26-/m1/s1. The molecule has 3 heterocycles. The molecule has 1 atom stereocenters. The van der Waals surface area contributed by atoms with Gasteiger partial charge < -0.3 is 14.5 Å². The largest absolute Gasteiger partial charge is 0.495 e. The molecule has 0 aliphatic carbocycles.